The van der Waals surface area contributed by atoms with E-state index in [2.05, 4.69) is 26.0 Å². The number of rotatable bonds is 7. The number of nitrogens with two attached hydrogens (primary N) is 1. The molecule has 2 heteroatoms. The number of aryl methyl sites for hydroxylation is 2. The normalized spacial score (nSPS) is 10.5. The lowest BCUT2D eigenvalue weighted by molar-refractivity contribution is -0.118. The minimum absolute atomic E-state index is 0.347. The van der Waals surface area contributed by atoms with E-state index in [0.29, 0.717) is 18.6 Å². The van der Waals surface area contributed by atoms with Crippen molar-refractivity contribution in [3.05, 3.63) is 34.9 Å². The fourth-order valence-corrected chi connectivity index (χ4v) is 2.06. The molecule has 0 fully saturated rings. The predicted molar refractivity (Wildman–Crippen MR) is 72.1 cm³/mol. The Labute approximate surface area is 104 Å². The maximum absolute atomic E-state index is 11.8. The first-order valence-electron chi connectivity index (χ1n) is 6.42. The Kier molecular flexibility index (Phi) is 5.92. The van der Waals surface area contributed by atoms with Crippen molar-refractivity contribution in [3.63, 3.8) is 0 Å². The van der Waals surface area contributed by atoms with Gasteiger partial charge in [-0.3, -0.25) is 4.79 Å². The van der Waals surface area contributed by atoms with Crippen LogP contribution in [0, 0.1) is 13.8 Å². The van der Waals surface area contributed by atoms with Crippen LogP contribution in [0.4, 0.5) is 0 Å². The molecule has 0 heterocycles. The Morgan fingerprint density at radius 2 is 1.76 bits per heavy atom. The first kappa shape index (κ1) is 13.9. The van der Waals surface area contributed by atoms with Gasteiger partial charge in [0.15, 0.2) is 0 Å². The van der Waals surface area contributed by atoms with Crippen molar-refractivity contribution in [2.24, 2.45) is 5.73 Å². The van der Waals surface area contributed by atoms with Crippen LogP contribution in [-0.2, 0) is 11.2 Å². The number of Topliss-reactive ketones (excluding diaryl/α,β-unsaturated/α-hetero) is 1. The first-order valence-corrected chi connectivity index (χ1v) is 6.42. The van der Waals surface area contributed by atoms with Crippen molar-refractivity contribution in [3.8, 4) is 0 Å². The highest BCUT2D eigenvalue weighted by Crippen LogP contribution is 2.15. The molecule has 0 amide bonds. The van der Waals surface area contributed by atoms with Gasteiger partial charge in [0.25, 0.3) is 0 Å². The summed E-state index contributed by atoms with van der Waals surface area (Å²) in [6, 6.07) is 6.19. The molecule has 2 N–H and O–H groups in total. The second kappa shape index (κ2) is 7.23. The van der Waals surface area contributed by atoms with Gasteiger partial charge in [-0.15, -0.1) is 0 Å². The van der Waals surface area contributed by atoms with Crippen molar-refractivity contribution >= 4 is 5.78 Å². The van der Waals surface area contributed by atoms with Gasteiger partial charge in [0.2, 0.25) is 0 Å². The molecule has 1 aromatic carbocycles. The molecule has 1 rings (SSSR count). The zero-order chi connectivity index (χ0) is 12.7. The van der Waals surface area contributed by atoms with Gasteiger partial charge in [-0.25, -0.2) is 0 Å². The molecule has 0 aliphatic rings. The Balaban J connectivity index is 2.45. The monoisotopic (exact) mass is 233 g/mol. The topological polar surface area (TPSA) is 43.1 Å². The summed E-state index contributed by atoms with van der Waals surface area (Å²) in [4.78, 5) is 11.8. The second-order valence-corrected chi connectivity index (χ2v) is 4.69. The first-order chi connectivity index (χ1) is 8.15. The molecule has 0 spiro atoms. The quantitative estimate of drug-likeness (QED) is 0.736. The molecule has 0 atom stereocenters. The summed E-state index contributed by atoms with van der Waals surface area (Å²) in [5.74, 6) is 0.347. The lowest BCUT2D eigenvalue weighted by atomic mass is 9.96. The van der Waals surface area contributed by atoms with E-state index in [4.69, 9.17) is 5.73 Å². The van der Waals surface area contributed by atoms with E-state index in [-0.39, 0.29) is 0 Å². The van der Waals surface area contributed by atoms with Gasteiger partial charge in [0.1, 0.15) is 5.78 Å². The lowest BCUT2D eigenvalue weighted by Gasteiger charge is -2.08. The van der Waals surface area contributed by atoms with Gasteiger partial charge >= 0.3 is 0 Å². The molecular weight excluding hydrogens is 210 g/mol. The summed E-state index contributed by atoms with van der Waals surface area (Å²) in [7, 11) is 0. The molecular formula is C15H23NO. The van der Waals surface area contributed by atoms with Gasteiger partial charge < -0.3 is 5.73 Å². The summed E-state index contributed by atoms with van der Waals surface area (Å²) >= 11 is 0. The number of carbonyl (C=O) groups excluding carboxylic acids is 1. The average molecular weight is 233 g/mol. The summed E-state index contributed by atoms with van der Waals surface area (Å²) < 4.78 is 0. The molecule has 94 valence electrons. The maximum Gasteiger partial charge on any atom is 0.137 e. The van der Waals surface area contributed by atoms with E-state index in [1.165, 1.54) is 16.7 Å². The van der Waals surface area contributed by atoms with Gasteiger partial charge in [-0.05, 0) is 49.9 Å². The zero-order valence-corrected chi connectivity index (χ0v) is 11.0. The molecule has 17 heavy (non-hydrogen) atoms. The number of hydrogen-bond donors (Lipinski definition) is 1. The number of benzene rings is 1. The second-order valence-electron chi connectivity index (χ2n) is 4.69. The van der Waals surface area contributed by atoms with Gasteiger partial charge in [-0.2, -0.15) is 0 Å². The van der Waals surface area contributed by atoms with Crippen LogP contribution >= 0.6 is 0 Å². The van der Waals surface area contributed by atoms with E-state index in [9.17, 15) is 4.79 Å². The summed E-state index contributed by atoms with van der Waals surface area (Å²) in [6.45, 7) is 4.87. The maximum atomic E-state index is 11.8. The Bertz CT molecular complexity index is 351. The Morgan fingerprint density at radius 1 is 1.12 bits per heavy atom. The van der Waals surface area contributed by atoms with Crippen molar-refractivity contribution in [1.29, 1.82) is 0 Å². The molecule has 0 aliphatic heterocycles. The molecule has 1 aromatic rings. The molecule has 2 nitrogen and oxygen atoms in total. The molecule has 0 aliphatic carbocycles. The van der Waals surface area contributed by atoms with E-state index >= 15 is 0 Å². The number of unbranched alkanes of at least 4 members (excludes halogenated alkanes) is 2. The van der Waals surface area contributed by atoms with Crippen molar-refractivity contribution in [2.75, 3.05) is 6.54 Å². The summed E-state index contributed by atoms with van der Waals surface area (Å²) in [5.41, 5.74) is 9.07. The van der Waals surface area contributed by atoms with E-state index in [0.717, 1.165) is 25.8 Å². The van der Waals surface area contributed by atoms with Crippen LogP contribution in [0.5, 0.6) is 0 Å². The van der Waals surface area contributed by atoms with Gasteiger partial charge in [-0.1, -0.05) is 24.6 Å². The number of hydrogen-bond acceptors (Lipinski definition) is 2. The van der Waals surface area contributed by atoms with E-state index in [1.54, 1.807) is 0 Å². The summed E-state index contributed by atoms with van der Waals surface area (Å²) in [5, 5.41) is 0. The highest BCUT2D eigenvalue weighted by molar-refractivity contribution is 5.81. The molecule has 0 bridgehead atoms. The summed E-state index contributed by atoms with van der Waals surface area (Å²) in [6.07, 6.45) is 4.33. The number of ketones is 1. The lowest BCUT2D eigenvalue weighted by Crippen LogP contribution is -2.06. The molecule has 0 unspecified atom stereocenters. The predicted octanol–water partition coefficient (Wildman–Crippen LogP) is 2.93. The highest BCUT2D eigenvalue weighted by atomic mass is 16.1. The van der Waals surface area contributed by atoms with Crippen LogP contribution < -0.4 is 5.73 Å². The largest absolute Gasteiger partial charge is 0.330 e. The minimum atomic E-state index is 0.347. The standard InChI is InChI=1S/C15H23NO/c1-12-7-6-8-13(2)15(12)11-14(17)9-4-3-5-10-16/h6-8H,3-5,9-11,16H2,1-2H3. The fraction of sp³-hybridized carbons (Fsp3) is 0.533. The van der Waals surface area contributed by atoms with Crippen molar-refractivity contribution in [2.45, 2.75) is 46.0 Å². The smallest absolute Gasteiger partial charge is 0.137 e. The van der Waals surface area contributed by atoms with Crippen LogP contribution in [0.15, 0.2) is 18.2 Å². The number of carbonyl (C=O) groups is 1. The highest BCUT2D eigenvalue weighted by Gasteiger charge is 2.08. The van der Waals surface area contributed by atoms with Crippen LogP contribution in [0.3, 0.4) is 0 Å². The van der Waals surface area contributed by atoms with Crippen LogP contribution in [-0.4, -0.2) is 12.3 Å². The molecule has 0 saturated carbocycles. The Hall–Kier alpha value is -1.15. The average Bonchev–Trinajstić information content (AvgIpc) is 2.30. The third-order valence-corrected chi connectivity index (χ3v) is 3.18. The van der Waals surface area contributed by atoms with Crippen LogP contribution in [0.1, 0.15) is 42.4 Å². The molecule has 0 radical (unpaired) electrons. The van der Waals surface area contributed by atoms with Crippen molar-refractivity contribution < 1.29 is 4.79 Å². The van der Waals surface area contributed by atoms with Gasteiger partial charge in [0, 0.05) is 12.8 Å². The minimum Gasteiger partial charge on any atom is -0.330 e. The third-order valence-electron chi connectivity index (χ3n) is 3.18. The van der Waals surface area contributed by atoms with Crippen LogP contribution in [0.25, 0.3) is 0 Å². The Morgan fingerprint density at radius 3 is 2.35 bits per heavy atom. The SMILES string of the molecule is Cc1cccc(C)c1CC(=O)CCCCCN. The third kappa shape index (κ3) is 4.70. The molecule has 0 aromatic heterocycles. The van der Waals surface area contributed by atoms with E-state index < -0.39 is 0 Å². The zero-order valence-electron chi connectivity index (χ0n) is 11.0. The fourth-order valence-electron chi connectivity index (χ4n) is 2.06. The molecule has 0 saturated heterocycles. The van der Waals surface area contributed by atoms with Gasteiger partial charge in [0.05, 0.1) is 0 Å². The van der Waals surface area contributed by atoms with E-state index in [1.807, 2.05) is 6.07 Å². The van der Waals surface area contributed by atoms with Crippen LogP contribution in [0.2, 0.25) is 0 Å². The van der Waals surface area contributed by atoms with Crippen molar-refractivity contribution in [1.82, 2.24) is 0 Å².